The number of nitrogens with zero attached hydrogens (tertiary/aromatic N) is 1. The lowest BCUT2D eigenvalue weighted by atomic mass is 10.1. The molecule has 0 spiro atoms. The lowest BCUT2D eigenvalue weighted by Gasteiger charge is -2.10. The van der Waals surface area contributed by atoms with Gasteiger partial charge in [-0.15, -0.1) is 12.4 Å². The molecule has 1 atom stereocenters. The van der Waals surface area contributed by atoms with Crippen LogP contribution in [-0.2, 0) is 6.42 Å². The minimum absolute atomic E-state index is 0. The zero-order valence-electron chi connectivity index (χ0n) is 8.23. The van der Waals surface area contributed by atoms with Gasteiger partial charge in [-0.1, -0.05) is 30.3 Å². The summed E-state index contributed by atoms with van der Waals surface area (Å²) in [6.07, 6.45) is 0.975. The van der Waals surface area contributed by atoms with E-state index in [9.17, 15) is 0 Å². The van der Waals surface area contributed by atoms with Crippen molar-refractivity contribution in [2.24, 2.45) is 0 Å². The Bertz CT molecular complexity index is 279. The quantitative estimate of drug-likeness (QED) is 0.774. The zero-order valence-corrected chi connectivity index (χ0v) is 9.05. The van der Waals surface area contributed by atoms with Crippen LogP contribution in [0.3, 0.4) is 0 Å². The molecule has 0 aliphatic heterocycles. The fraction of sp³-hybridized carbons (Fsp3) is 0.364. The Morgan fingerprint density at radius 3 is 2.57 bits per heavy atom. The molecule has 0 saturated carbocycles. The monoisotopic (exact) mass is 210 g/mol. The Morgan fingerprint density at radius 2 is 2.00 bits per heavy atom. The standard InChI is InChI=1S/C11H14N2.ClH/c1-10(13-8-7-12)9-11-5-3-2-4-6-11;/h2-6,10,13H,8-9H2,1H3;1H. The zero-order chi connectivity index (χ0) is 9.52. The molecule has 0 amide bonds. The summed E-state index contributed by atoms with van der Waals surface area (Å²) in [6.45, 7) is 2.51. The topological polar surface area (TPSA) is 35.8 Å². The molecule has 2 nitrogen and oxygen atoms in total. The Labute approximate surface area is 91.4 Å². The first-order valence-corrected chi connectivity index (χ1v) is 4.47. The molecule has 14 heavy (non-hydrogen) atoms. The van der Waals surface area contributed by atoms with Crippen LogP contribution in [0.2, 0.25) is 0 Å². The molecular weight excluding hydrogens is 196 g/mol. The maximum Gasteiger partial charge on any atom is 0.0843 e. The third-order valence-electron chi connectivity index (χ3n) is 1.91. The van der Waals surface area contributed by atoms with Crippen LogP contribution in [-0.4, -0.2) is 12.6 Å². The van der Waals surface area contributed by atoms with E-state index in [1.54, 1.807) is 0 Å². The first kappa shape index (κ1) is 13.0. The maximum absolute atomic E-state index is 8.37. The van der Waals surface area contributed by atoms with Gasteiger partial charge in [-0.2, -0.15) is 5.26 Å². The summed E-state index contributed by atoms with van der Waals surface area (Å²) < 4.78 is 0. The summed E-state index contributed by atoms with van der Waals surface area (Å²) in [5.74, 6) is 0. The fourth-order valence-electron chi connectivity index (χ4n) is 1.26. The van der Waals surface area contributed by atoms with Crippen LogP contribution < -0.4 is 5.32 Å². The number of nitrogens with one attached hydrogen (secondary N) is 1. The highest BCUT2D eigenvalue weighted by atomic mass is 35.5. The SMILES string of the molecule is CC(Cc1ccccc1)NCC#N.Cl. The summed E-state index contributed by atoms with van der Waals surface area (Å²) >= 11 is 0. The molecule has 1 rings (SSSR count). The van der Waals surface area contributed by atoms with Crippen LogP contribution in [0, 0.1) is 11.3 Å². The molecule has 1 N–H and O–H groups in total. The van der Waals surface area contributed by atoms with Crippen molar-refractivity contribution in [2.45, 2.75) is 19.4 Å². The van der Waals surface area contributed by atoms with Crippen LogP contribution in [0.5, 0.6) is 0 Å². The van der Waals surface area contributed by atoms with Gasteiger partial charge in [0.1, 0.15) is 0 Å². The highest BCUT2D eigenvalue weighted by Crippen LogP contribution is 2.01. The van der Waals surface area contributed by atoms with E-state index in [0.29, 0.717) is 12.6 Å². The Kier molecular flexibility index (Phi) is 6.82. The number of hydrogen-bond acceptors (Lipinski definition) is 2. The van der Waals surface area contributed by atoms with Crippen molar-refractivity contribution < 1.29 is 0 Å². The first-order valence-electron chi connectivity index (χ1n) is 4.47. The van der Waals surface area contributed by atoms with Crippen molar-refractivity contribution in [3.63, 3.8) is 0 Å². The molecule has 0 aliphatic rings. The number of rotatable bonds is 4. The average molecular weight is 211 g/mol. The molecular formula is C11H15ClN2. The largest absolute Gasteiger partial charge is 0.302 e. The lowest BCUT2D eigenvalue weighted by Crippen LogP contribution is -2.28. The minimum atomic E-state index is 0. The van der Waals surface area contributed by atoms with Crippen molar-refractivity contribution in [1.82, 2.24) is 5.32 Å². The van der Waals surface area contributed by atoms with Gasteiger partial charge in [-0.3, -0.25) is 0 Å². The number of nitriles is 1. The second-order valence-electron chi connectivity index (χ2n) is 3.13. The molecule has 0 bridgehead atoms. The maximum atomic E-state index is 8.37. The van der Waals surface area contributed by atoms with E-state index < -0.39 is 0 Å². The molecule has 0 aliphatic carbocycles. The van der Waals surface area contributed by atoms with Crippen LogP contribution in [0.25, 0.3) is 0 Å². The summed E-state index contributed by atoms with van der Waals surface area (Å²) in [5.41, 5.74) is 1.31. The summed E-state index contributed by atoms with van der Waals surface area (Å²) in [6, 6.07) is 12.7. The lowest BCUT2D eigenvalue weighted by molar-refractivity contribution is 0.583. The first-order chi connectivity index (χ1) is 6.33. The van der Waals surface area contributed by atoms with Gasteiger partial charge in [0.15, 0.2) is 0 Å². The van der Waals surface area contributed by atoms with Gasteiger partial charge in [0.25, 0.3) is 0 Å². The molecule has 3 heteroatoms. The van der Waals surface area contributed by atoms with Crippen molar-refractivity contribution >= 4 is 12.4 Å². The second-order valence-corrected chi connectivity index (χ2v) is 3.13. The second kappa shape index (κ2) is 7.37. The highest BCUT2D eigenvalue weighted by molar-refractivity contribution is 5.85. The smallest absolute Gasteiger partial charge is 0.0843 e. The van der Waals surface area contributed by atoms with Crippen LogP contribution >= 0.6 is 12.4 Å². The van der Waals surface area contributed by atoms with E-state index in [0.717, 1.165) is 6.42 Å². The van der Waals surface area contributed by atoms with E-state index in [4.69, 9.17) is 5.26 Å². The van der Waals surface area contributed by atoms with E-state index in [2.05, 4.69) is 30.4 Å². The molecule has 0 fully saturated rings. The molecule has 0 aromatic heterocycles. The third kappa shape index (κ3) is 4.86. The van der Waals surface area contributed by atoms with Crippen molar-refractivity contribution in [3.05, 3.63) is 35.9 Å². The predicted molar refractivity (Wildman–Crippen MR) is 60.5 cm³/mol. The van der Waals surface area contributed by atoms with Gasteiger partial charge in [0.2, 0.25) is 0 Å². The summed E-state index contributed by atoms with van der Waals surface area (Å²) in [7, 11) is 0. The van der Waals surface area contributed by atoms with E-state index in [1.165, 1.54) is 5.56 Å². The summed E-state index contributed by atoms with van der Waals surface area (Å²) in [4.78, 5) is 0. The molecule has 76 valence electrons. The predicted octanol–water partition coefficient (Wildman–Crippen LogP) is 2.15. The highest BCUT2D eigenvalue weighted by Gasteiger charge is 2.00. The third-order valence-corrected chi connectivity index (χ3v) is 1.91. The number of benzene rings is 1. The van der Waals surface area contributed by atoms with Crippen LogP contribution in [0.15, 0.2) is 30.3 Å². The molecule has 0 heterocycles. The Balaban J connectivity index is 0.00000169. The number of halogens is 1. The van der Waals surface area contributed by atoms with Crippen LogP contribution in [0.1, 0.15) is 12.5 Å². The minimum Gasteiger partial charge on any atom is -0.302 e. The van der Waals surface area contributed by atoms with Crippen molar-refractivity contribution in [1.29, 1.82) is 5.26 Å². The van der Waals surface area contributed by atoms with Crippen molar-refractivity contribution in [2.75, 3.05) is 6.54 Å². The van der Waals surface area contributed by atoms with Crippen LogP contribution in [0.4, 0.5) is 0 Å². The molecule has 1 aromatic carbocycles. The number of hydrogen-bond donors (Lipinski definition) is 1. The molecule has 0 saturated heterocycles. The van der Waals surface area contributed by atoms with E-state index >= 15 is 0 Å². The van der Waals surface area contributed by atoms with Gasteiger partial charge in [-0.25, -0.2) is 0 Å². The molecule has 1 unspecified atom stereocenters. The summed E-state index contributed by atoms with van der Waals surface area (Å²) in [5, 5.41) is 11.5. The van der Waals surface area contributed by atoms with Gasteiger partial charge in [-0.05, 0) is 18.9 Å². The Morgan fingerprint density at radius 1 is 1.36 bits per heavy atom. The normalized spacial score (nSPS) is 11.1. The van der Waals surface area contributed by atoms with E-state index in [1.807, 2.05) is 18.2 Å². The average Bonchev–Trinajstić information content (AvgIpc) is 2.16. The van der Waals surface area contributed by atoms with Crippen molar-refractivity contribution in [3.8, 4) is 6.07 Å². The molecule has 0 radical (unpaired) electrons. The fourth-order valence-corrected chi connectivity index (χ4v) is 1.26. The van der Waals surface area contributed by atoms with Gasteiger partial charge >= 0.3 is 0 Å². The van der Waals surface area contributed by atoms with Gasteiger partial charge in [0, 0.05) is 6.04 Å². The van der Waals surface area contributed by atoms with Gasteiger partial charge < -0.3 is 5.32 Å². The van der Waals surface area contributed by atoms with E-state index in [-0.39, 0.29) is 12.4 Å². The molecule has 1 aromatic rings. The van der Waals surface area contributed by atoms with Gasteiger partial charge in [0.05, 0.1) is 12.6 Å². The Hall–Kier alpha value is -1.04.